The average Bonchev–Trinajstić information content (AvgIpc) is 2.94. The highest BCUT2D eigenvalue weighted by Crippen LogP contribution is 2.28. The normalized spacial score (nSPS) is 11.0. The Morgan fingerprint density at radius 3 is 2.52 bits per heavy atom. The van der Waals surface area contributed by atoms with E-state index in [-0.39, 0.29) is 0 Å². The van der Waals surface area contributed by atoms with Crippen LogP contribution in [0.25, 0.3) is 0 Å². The van der Waals surface area contributed by atoms with Gasteiger partial charge in [0.2, 0.25) is 0 Å². The number of rotatable bonds is 8. The molecule has 2 rings (SSSR count). The molecule has 2 N–H and O–H groups in total. The second-order valence-electron chi connectivity index (χ2n) is 5.96. The van der Waals surface area contributed by atoms with Gasteiger partial charge in [-0.15, -0.1) is 5.10 Å². The molecule has 1 aromatic heterocycles. The molecule has 0 saturated heterocycles. The number of hydrogen-bond donors (Lipinski definition) is 1. The lowest BCUT2D eigenvalue weighted by Gasteiger charge is -2.12. The number of nitrogens with zero attached hydrogens (tertiary/aromatic N) is 3. The molecule has 2 aromatic rings. The van der Waals surface area contributed by atoms with E-state index < -0.39 is 0 Å². The van der Waals surface area contributed by atoms with Gasteiger partial charge in [0, 0.05) is 19.5 Å². The first-order valence-electron chi connectivity index (χ1n) is 7.91. The number of methoxy groups -OCH3 is 2. The van der Waals surface area contributed by atoms with E-state index in [1.165, 1.54) is 0 Å². The maximum Gasteiger partial charge on any atom is 0.160 e. The zero-order valence-corrected chi connectivity index (χ0v) is 14.4. The molecule has 0 saturated carbocycles. The number of ether oxygens (including phenoxy) is 2. The third-order valence-electron chi connectivity index (χ3n) is 3.85. The molecule has 1 aromatic carbocycles. The number of benzene rings is 1. The van der Waals surface area contributed by atoms with Crippen molar-refractivity contribution in [1.82, 2.24) is 15.0 Å². The van der Waals surface area contributed by atoms with Gasteiger partial charge in [0.25, 0.3) is 0 Å². The standard InChI is InChI=1S/C17H26N4O2/c1-12(2)7-8-21-15(14(11-18)19-20-21)9-13-5-6-16(22-3)17(10-13)23-4/h5-6,10,12H,7-9,11,18H2,1-4H3. The van der Waals surface area contributed by atoms with E-state index in [0.29, 0.717) is 12.5 Å². The molecule has 0 amide bonds. The van der Waals surface area contributed by atoms with Gasteiger partial charge in [-0.05, 0) is 30.0 Å². The Bertz CT molecular complexity index is 638. The predicted molar refractivity (Wildman–Crippen MR) is 89.7 cm³/mol. The van der Waals surface area contributed by atoms with E-state index in [9.17, 15) is 0 Å². The van der Waals surface area contributed by atoms with Crippen LogP contribution in [0.15, 0.2) is 18.2 Å². The maximum absolute atomic E-state index is 5.81. The molecule has 6 heteroatoms. The van der Waals surface area contributed by atoms with Crippen LogP contribution >= 0.6 is 0 Å². The molecule has 0 atom stereocenters. The van der Waals surface area contributed by atoms with Crippen LogP contribution in [0.1, 0.15) is 37.2 Å². The molecule has 0 aliphatic heterocycles. The van der Waals surface area contributed by atoms with E-state index in [1.807, 2.05) is 22.9 Å². The van der Waals surface area contributed by atoms with Gasteiger partial charge >= 0.3 is 0 Å². The summed E-state index contributed by atoms with van der Waals surface area (Å²) in [6.07, 6.45) is 1.78. The number of nitrogens with two attached hydrogens (primary N) is 1. The van der Waals surface area contributed by atoms with E-state index in [0.717, 1.165) is 47.8 Å². The fraction of sp³-hybridized carbons (Fsp3) is 0.529. The minimum atomic E-state index is 0.393. The lowest BCUT2D eigenvalue weighted by atomic mass is 10.1. The maximum atomic E-state index is 5.81. The number of aryl methyl sites for hydroxylation is 1. The first kappa shape index (κ1) is 17.3. The van der Waals surface area contributed by atoms with Crippen molar-refractivity contribution in [3.05, 3.63) is 35.2 Å². The Labute approximate surface area is 137 Å². The summed E-state index contributed by atoms with van der Waals surface area (Å²) in [4.78, 5) is 0. The summed E-state index contributed by atoms with van der Waals surface area (Å²) in [6.45, 7) is 5.65. The monoisotopic (exact) mass is 318 g/mol. The van der Waals surface area contributed by atoms with Crippen molar-refractivity contribution in [3.63, 3.8) is 0 Å². The molecule has 0 unspecified atom stereocenters. The average molecular weight is 318 g/mol. The smallest absolute Gasteiger partial charge is 0.160 e. The molecule has 0 radical (unpaired) electrons. The highest BCUT2D eigenvalue weighted by molar-refractivity contribution is 5.44. The SMILES string of the molecule is COc1ccc(Cc2c(CN)nnn2CCC(C)C)cc1OC. The van der Waals surface area contributed by atoms with Crippen LogP contribution in [-0.2, 0) is 19.5 Å². The van der Waals surface area contributed by atoms with Crippen LogP contribution in [0, 0.1) is 5.92 Å². The topological polar surface area (TPSA) is 75.2 Å². The van der Waals surface area contributed by atoms with E-state index in [4.69, 9.17) is 15.2 Å². The summed E-state index contributed by atoms with van der Waals surface area (Å²) in [6, 6.07) is 5.93. The minimum absolute atomic E-state index is 0.393. The largest absolute Gasteiger partial charge is 0.493 e. The molecule has 0 aliphatic carbocycles. The summed E-state index contributed by atoms with van der Waals surface area (Å²) < 4.78 is 12.6. The first-order valence-corrected chi connectivity index (χ1v) is 7.91. The Hall–Kier alpha value is -2.08. The van der Waals surface area contributed by atoms with Crippen LogP contribution in [-0.4, -0.2) is 29.2 Å². The zero-order chi connectivity index (χ0) is 16.8. The lowest BCUT2D eigenvalue weighted by molar-refractivity contribution is 0.354. The fourth-order valence-electron chi connectivity index (χ4n) is 2.46. The second-order valence-corrected chi connectivity index (χ2v) is 5.96. The summed E-state index contributed by atoms with van der Waals surface area (Å²) in [5.74, 6) is 2.07. The zero-order valence-electron chi connectivity index (χ0n) is 14.4. The van der Waals surface area contributed by atoms with Gasteiger partial charge in [0.05, 0.1) is 25.6 Å². The Morgan fingerprint density at radius 1 is 1.17 bits per heavy atom. The van der Waals surface area contributed by atoms with E-state index in [1.54, 1.807) is 14.2 Å². The second kappa shape index (κ2) is 7.97. The van der Waals surface area contributed by atoms with Crippen molar-refractivity contribution in [3.8, 4) is 11.5 Å². The molecule has 0 aliphatic rings. The summed E-state index contributed by atoms with van der Waals surface area (Å²) in [5.41, 5.74) is 8.85. The van der Waals surface area contributed by atoms with Gasteiger partial charge in [-0.25, -0.2) is 4.68 Å². The molecule has 0 spiro atoms. The molecule has 23 heavy (non-hydrogen) atoms. The van der Waals surface area contributed by atoms with Gasteiger partial charge in [-0.3, -0.25) is 0 Å². The third-order valence-corrected chi connectivity index (χ3v) is 3.85. The molecule has 6 nitrogen and oxygen atoms in total. The van der Waals surface area contributed by atoms with Crippen LogP contribution in [0.2, 0.25) is 0 Å². The van der Waals surface area contributed by atoms with Gasteiger partial charge in [0.15, 0.2) is 11.5 Å². The highest BCUT2D eigenvalue weighted by atomic mass is 16.5. The molecule has 0 bridgehead atoms. The van der Waals surface area contributed by atoms with E-state index in [2.05, 4.69) is 24.2 Å². The molecule has 126 valence electrons. The first-order chi connectivity index (χ1) is 11.1. The van der Waals surface area contributed by atoms with Crippen LogP contribution in [0.4, 0.5) is 0 Å². The van der Waals surface area contributed by atoms with Gasteiger partial charge < -0.3 is 15.2 Å². The van der Waals surface area contributed by atoms with Gasteiger partial charge in [0.1, 0.15) is 0 Å². The van der Waals surface area contributed by atoms with Gasteiger partial charge in [-0.2, -0.15) is 0 Å². The lowest BCUT2D eigenvalue weighted by Crippen LogP contribution is -2.10. The van der Waals surface area contributed by atoms with Crippen molar-refractivity contribution in [2.24, 2.45) is 11.7 Å². The van der Waals surface area contributed by atoms with Gasteiger partial charge in [-0.1, -0.05) is 25.1 Å². The molecular weight excluding hydrogens is 292 g/mol. The molecule has 1 heterocycles. The Balaban J connectivity index is 2.26. The number of aromatic nitrogens is 3. The van der Waals surface area contributed by atoms with Crippen LogP contribution < -0.4 is 15.2 Å². The minimum Gasteiger partial charge on any atom is -0.493 e. The Kier molecular flexibility index (Phi) is 5.98. The van der Waals surface area contributed by atoms with Crippen LogP contribution in [0.3, 0.4) is 0 Å². The van der Waals surface area contributed by atoms with Crippen LogP contribution in [0.5, 0.6) is 11.5 Å². The Morgan fingerprint density at radius 2 is 1.91 bits per heavy atom. The quantitative estimate of drug-likeness (QED) is 0.809. The van der Waals surface area contributed by atoms with Crippen molar-refractivity contribution >= 4 is 0 Å². The van der Waals surface area contributed by atoms with Crippen molar-refractivity contribution in [2.75, 3.05) is 14.2 Å². The summed E-state index contributed by atoms with van der Waals surface area (Å²) in [5, 5.41) is 8.48. The predicted octanol–water partition coefficient (Wildman–Crippen LogP) is 2.39. The third kappa shape index (κ3) is 4.22. The summed E-state index contributed by atoms with van der Waals surface area (Å²) in [7, 11) is 3.27. The van der Waals surface area contributed by atoms with Crippen molar-refractivity contribution in [2.45, 2.75) is 39.8 Å². The number of hydrogen-bond acceptors (Lipinski definition) is 5. The molecule has 0 fully saturated rings. The summed E-state index contributed by atoms with van der Waals surface area (Å²) >= 11 is 0. The van der Waals surface area contributed by atoms with Crippen molar-refractivity contribution < 1.29 is 9.47 Å². The highest BCUT2D eigenvalue weighted by Gasteiger charge is 2.14. The van der Waals surface area contributed by atoms with E-state index >= 15 is 0 Å². The van der Waals surface area contributed by atoms with Crippen molar-refractivity contribution in [1.29, 1.82) is 0 Å². The fourth-order valence-corrected chi connectivity index (χ4v) is 2.46. The molecular formula is C17H26N4O2.